The Kier molecular flexibility index (Phi) is 8.47. The second-order valence-corrected chi connectivity index (χ2v) is 2.77. The lowest BCUT2D eigenvalue weighted by Gasteiger charge is -1.85. The van der Waals surface area contributed by atoms with Crippen LogP contribution in [0, 0.1) is 0 Å². The lowest BCUT2D eigenvalue weighted by molar-refractivity contribution is 1.06. The van der Waals surface area contributed by atoms with Crippen LogP contribution >= 0.6 is 0 Å². The van der Waals surface area contributed by atoms with E-state index in [4.69, 9.17) is 0 Å². The second kappa shape index (κ2) is 9.53. The summed E-state index contributed by atoms with van der Waals surface area (Å²) in [5, 5.41) is 0. The van der Waals surface area contributed by atoms with Crippen molar-refractivity contribution < 1.29 is 0 Å². The molecular weight excluding hydrogens is 168 g/mol. The van der Waals surface area contributed by atoms with Gasteiger partial charge in [-0.2, -0.15) is 0 Å². The fourth-order valence-corrected chi connectivity index (χ4v) is 0.825. The van der Waals surface area contributed by atoms with Crippen LogP contribution in [-0.4, -0.2) is 0 Å². The molecule has 0 saturated carbocycles. The van der Waals surface area contributed by atoms with Crippen molar-refractivity contribution in [1.29, 1.82) is 0 Å². The van der Waals surface area contributed by atoms with Gasteiger partial charge in [0, 0.05) is 0 Å². The van der Waals surface area contributed by atoms with Crippen LogP contribution in [-0.2, 0) is 0 Å². The third-order valence-electron chi connectivity index (χ3n) is 1.61. The molecule has 0 spiro atoms. The van der Waals surface area contributed by atoms with Crippen molar-refractivity contribution >= 4 is 6.08 Å². The van der Waals surface area contributed by atoms with Gasteiger partial charge in [0.25, 0.3) is 0 Å². The van der Waals surface area contributed by atoms with Gasteiger partial charge in [-0.3, -0.25) is 0 Å². The Labute approximate surface area is 87.3 Å². The van der Waals surface area contributed by atoms with Gasteiger partial charge in [0.05, 0.1) is 0 Å². The molecule has 0 saturated heterocycles. The van der Waals surface area contributed by atoms with Gasteiger partial charge in [0.1, 0.15) is 0 Å². The fraction of sp³-hybridized carbons (Fsp3) is 0.143. The monoisotopic (exact) mass is 186 g/mol. The molecular formula is C14H18. The average molecular weight is 186 g/mol. The topological polar surface area (TPSA) is 0 Å². The zero-order valence-electron chi connectivity index (χ0n) is 8.65. The molecule has 0 bridgehead atoms. The lowest BCUT2D eigenvalue weighted by Crippen LogP contribution is -1.63. The number of rotatable bonds is 4. The number of hydrogen-bond donors (Lipinski definition) is 0. The highest BCUT2D eigenvalue weighted by molar-refractivity contribution is 5.45. The summed E-state index contributed by atoms with van der Waals surface area (Å²) >= 11 is 0. The van der Waals surface area contributed by atoms with Crippen molar-refractivity contribution in [1.82, 2.24) is 0 Å². The molecule has 0 N–H and O–H groups in total. The van der Waals surface area contributed by atoms with E-state index in [1.54, 1.807) is 0 Å². The van der Waals surface area contributed by atoms with E-state index in [0.717, 1.165) is 12.8 Å². The Balaban J connectivity index is 0.000000255. The molecule has 0 radical (unpaired) electrons. The van der Waals surface area contributed by atoms with Crippen LogP contribution in [0.2, 0.25) is 0 Å². The summed E-state index contributed by atoms with van der Waals surface area (Å²) in [5.74, 6) is 0. The van der Waals surface area contributed by atoms with Gasteiger partial charge in [0.15, 0.2) is 0 Å². The predicted octanol–water partition coefficient (Wildman–Crippen LogP) is 4.47. The number of unbranched alkanes of at least 4 members (excludes halogenated alkanes) is 1. The molecule has 0 aliphatic heterocycles. The van der Waals surface area contributed by atoms with E-state index in [2.05, 4.69) is 19.7 Å². The summed E-state index contributed by atoms with van der Waals surface area (Å²) in [6.07, 6.45) is 7.73. The maximum Gasteiger partial charge on any atom is -0.0263 e. The molecule has 0 aliphatic rings. The van der Waals surface area contributed by atoms with E-state index in [0.29, 0.717) is 0 Å². The number of allylic oxidation sites excluding steroid dienone is 2. The molecule has 74 valence electrons. The van der Waals surface area contributed by atoms with Crippen molar-refractivity contribution in [3.63, 3.8) is 0 Å². The van der Waals surface area contributed by atoms with Gasteiger partial charge < -0.3 is 0 Å². The summed E-state index contributed by atoms with van der Waals surface area (Å²) in [7, 11) is 0. The molecule has 0 heteroatoms. The fourth-order valence-electron chi connectivity index (χ4n) is 0.825. The molecule has 1 aromatic rings. The van der Waals surface area contributed by atoms with Crippen LogP contribution in [0.3, 0.4) is 0 Å². The maximum absolute atomic E-state index is 3.63. The van der Waals surface area contributed by atoms with Gasteiger partial charge in [-0.15, -0.1) is 13.2 Å². The Morgan fingerprint density at radius 1 is 0.857 bits per heavy atom. The zero-order valence-corrected chi connectivity index (χ0v) is 8.65. The second-order valence-electron chi connectivity index (χ2n) is 2.77. The molecule has 1 rings (SSSR count). The third kappa shape index (κ3) is 7.11. The summed E-state index contributed by atoms with van der Waals surface area (Å²) in [4.78, 5) is 0. The predicted molar refractivity (Wildman–Crippen MR) is 66.2 cm³/mol. The first-order valence-electron chi connectivity index (χ1n) is 4.74. The molecule has 0 nitrogen and oxygen atoms in total. The van der Waals surface area contributed by atoms with E-state index >= 15 is 0 Å². The Morgan fingerprint density at radius 2 is 1.36 bits per heavy atom. The highest BCUT2D eigenvalue weighted by Crippen LogP contribution is 1.97. The summed E-state index contributed by atoms with van der Waals surface area (Å²) in [6.45, 7) is 10.7. The van der Waals surface area contributed by atoms with Crippen LogP contribution < -0.4 is 0 Å². The molecule has 0 aliphatic carbocycles. The van der Waals surface area contributed by atoms with Crippen molar-refractivity contribution in [2.45, 2.75) is 12.8 Å². The van der Waals surface area contributed by atoms with E-state index in [9.17, 15) is 0 Å². The van der Waals surface area contributed by atoms with Crippen LogP contribution in [0.5, 0.6) is 0 Å². The van der Waals surface area contributed by atoms with E-state index in [-0.39, 0.29) is 0 Å². The average Bonchev–Trinajstić information content (AvgIpc) is 2.28. The number of benzene rings is 1. The normalized spacial score (nSPS) is 8.00. The zero-order chi connectivity index (χ0) is 10.6. The van der Waals surface area contributed by atoms with Crippen LogP contribution in [0.4, 0.5) is 0 Å². The molecule has 0 fully saturated rings. The van der Waals surface area contributed by atoms with E-state index in [1.807, 2.05) is 48.6 Å². The highest BCUT2D eigenvalue weighted by Gasteiger charge is 1.75. The minimum atomic E-state index is 1.06. The van der Waals surface area contributed by atoms with E-state index < -0.39 is 0 Å². The molecule has 0 amide bonds. The molecule has 14 heavy (non-hydrogen) atoms. The van der Waals surface area contributed by atoms with Crippen molar-refractivity contribution in [3.8, 4) is 0 Å². The maximum atomic E-state index is 3.63. The van der Waals surface area contributed by atoms with Crippen LogP contribution in [0.25, 0.3) is 6.08 Å². The molecule has 0 aromatic heterocycles. The Bertz CT molecular complexity index is 249. The summed E-state index contributed by atoms with van der Waals surface area (Å²) < 4.78 is 0. The first-order valence-corrected chi connectivity index (χ1v) is 4.74. The largest absolute Gasteiger partial charge is 0.103 e. The first-order chi connectivity index (χ1) is 6.85. The van der Waals surface area contributed by atoms with Gasteiger partial charge in [-0.25, -0.2) is 0 Å². The highest BCUT2D eigenvalue weighted by atomic mass is 13.8. The first kappa shape index (κ1) is 12.4. The van der Waals surface area contributed by atoms with Gasteiger partial charge in [-0.1, -0.05) is 55.1 Å². The van der Waals surface area contributed by atoms with Crippen molar-refractivity contribution in [2.75, 3.05) is 0 Å². The summed E-state index contributed by atoms with van der Waals surface area (Å²) in [6, 6.07) is 10.0. The molecule has 0 atom stereocenters. The van der Waals surface area contributed by atoms with Crippen LogP contribution in [0.15, 0.2) is 62.2 Å². The Morgan fingerprint density at radius 3 is 1.64 bits per heavy atom. The molecule has 0 unspecified atom stereocenters. The standard InChI is InChI=1S/C8H8.C6H10/c1-2-8-6-4-3-5-7-8;1-3-5-6-4-2/h2-7H,1H2;3-4H,1-2,5-6H2. The van der Waals surface area contributed by atoms with Gasteiger partial charge in [0.2, 0.25) is 0 Å². The van der Waals surface area contributed by atoms with Crippen molar-refractivity contribution in [3.05, 3.63) is 67.8 Å². The molecule has 0 heterocycles. The number of hydrogen-bond acceptors (Lipinski definition) is 0. The third-order valence-corrected chi connectivity index (χ3v) is 1.61. The Hall–Kier alpha value is -1.56. The van der Waals surface area contributed by atoms with Gasteiger partial charge >= 0.3 is 0 Å². The summed E-state index contributed by atoms with van der Waals surface area (Å²) in [5.41, 5.74) is 1.17. The minimum absolute atomic E-state index is 1.06. The van der Waals surface area contributed by atoms with Crippen molar-refractivity contribution in [2.24, 2.45) is 0 Å². The van der Waals surface area contributed by atoms with E-state index in [1.165, 1.54) is 5.56 Å². The molecule has 1 aromatic carbocycles. The quantitative estimate of drug-likeness (QED) is 0.481. The minimum Gasteiger partial charge on any atom is -0.103 e. The van der Waals surface area contributed by atoms with Gasteiger partial charge in [-0.05, 0) is 18.4 Å². The SMILES string of the molecule is C=CCCC=C.C=Cc1ccccc1. The lowest BCUT2D eigenvalue weighted by atomic mass is 10.2. The van der Waals surface area contributed by atoms with Crippen LogP contribution in [0.1, 0.15) is 18.4 Å². The smallest absolute Gasteiger partial charge is 0.0263 e.